The lowest BCUT2D eigenvalue weighted by atomic mass is 10.1. The molecule has 2 heterocycles. The summed E-state index contributed by atoms with van der Waals surface area (Å²) in [6.07, 6.45) is 0. The van der Waals surface area contributed by atoms with E-state index in [0.29, 0.717) is 42.3 Å². The minimum absolute atomic E-state index is 0.00231. The Morgan fingerprint density at radius 2 is 1.48 bits per heavy atom. The molecule has 3 aromatic rings. The molecule has 0 aliphatic carbocycles. The van der Waals surface area contributed by atoms with Gasteiger partial charge in [0.25, 0.3) is 21.8 Å². The maximum atomic E-state index is 12.9. The molecule has 1 aliphatic heterocycles. The predicted octanol–water partition coefficient (Wildman–Crippen LogP) is 3.76. The normalized spacial score (nSPS) is 14.2. The number of hydrogen-bond acceptors (Lipinski definition) is 5. The average molecular weight is 484 g/mol. The van der Waals surface area contributed by atoms with E-state index in [9.17, 15) is 18.0 Å². The fraction of sp³-hybridized carbons (Fsp3) is 0.250. The molecule has 1 N–H and O–H groups in total. The Balaban J connectivity index is 1.37. The van der Waals surface area contributed by atoms with Crippen LogP contribution in [0.5, 0.6) is 0 Å². The highest BCUT2D eigenvalue weighted by atomic mass is 32.2. The van der Waals surface area contributed by atoms with Crippen LogP contribution in [0.25, 0.3) is 0 Å². The number of anilines is 1. The first-order valence-electron chi connectivity index (χ1n) is 10.6. The SMILES string of the molecule is Cc1ccc(S(=O)(=O)Nc2ccc(C(=O)N3CCN(C(=O)c4cccs4)CC3)cc2)cc1C. The van der Waals surface area contributed by atoms with Crippen LogP contribution in [-0.2, 0) is 10.0 Å². The molecule has 1 saturated heterocycles. The van der Waals surface area contributed by atoms with Gasteiger partial charge in [0.15, 0.2) is 0 Å². The number of carbonyl (C=O) groups excluding carboxylic acids is 2. The second-order valence-corrected chi connectivity index (χ2v) is 10.6. The van der Waals surface area contributed by atoms with E-state index < -0.39 is 10.0 Å². The number of nitrogens with one attached hydrogen (secondary N) is 1. The zero-order chi connectivity index (χ0) is 23.6. The van der Waals surface area contributed by atoms with E-state index in [2.05, 4.69) is 4.72 Å². The van der Waals surface area contributed by atoms with Crippen molar-refractivity contribution >= 4 is 38.9 Å². The van der Waals surface area contributed by atoms with Gasteiger partial charge in [0.05, 0.1) is 9.77 Å². The van der Waals surface area contributed by atoms with E-state index in [-0.39, 0.29) is 16.7 Å². The van der Waals surface area contributed by atoms with Gasteiger partial charge in [-0.05, 0) is 72.8 Å². The summed E-state index contributed by atoms with van der Waals surface area (Å²) in [4.78, 5) is 29.7. The lowest BCUT2D eigenvalue weighted by Crippen LogP contribution is -2.50. The predicted molar refractivity (Wildman–Crippen MR) is 129 cm³/mol. The van der Waals surface area contributed by atoms with Crippen molar-refractivity contribution in [3.8, 4) is 0 Å². The molecule has 1 aliphatic rings. The number of sulfonamides is 1. The van der Waals surface area contributed by atoms with E-state index in [1.54, 1.807) is 58.3 Å². The summed E-state index contributed by atoms with van der Waals surface area (Å²) in [5.41, 5.74) is 2.78. The average Bonchev–Trinajstić information content (AvgIpc) is 3.35. The summed E-state index contributed by atoms with van der Waals surface area (Å²) in [5.74, 6) is -0.140. The third-order valence-corrected chi connectivity index (χ3v) is 8.00. The van der Waals surface area contributed by atoms with E-state index in [4.69, 9.17) is 0 Å². The molecule has 172 valence electrons. The molecular weight excluding hydrogens is 458 g/mol. The van der Waals surface area contributed by atoms with Gasteiger partial charge in [-0.25, -0.2) is 8.42 Å². The van der Waals surface area contributed by atoms with Gasteiger partial charge in [0.1, 0.15) is 0 Å². The van der Waals surface area contributed by atoms with Crippen LogP contribution in [0.1, 0.15) is 31.2 Å². The molecule has 0 atom stereocenters. The highest BCUT2D eigenvalue weighted by Crippen LogP contribution is 2.20. The van der Waals surface area contributed by atoms with Gasteiger partial charge in [-0.1, -0.05) is 12.1 Å². The Labute approximate surface area is 197 Å². The number of benzene rings is 2. The summed E-state index contributed by atoms with van der Waals surface area (Å²) in [7, 11) is -3.72. The van der Waals surface area contributed by atoms with Crippen LogP contribution < -0.4 is 4.72 Å². The molecule has 0 unspecified atom stereocenters. The van der Waals surface area contributed by atoms with Crippen LogP contribution in [-0.4, -0.2) is 56.2 Å². The zero-order valence-corrected chi connectivity index (χ0v) is 20.1. The lowest BCUT2D eigenvalue weighted by molar-refractivity contribution is 0.0538. The summed E-state index contributed by atoms with van der Waals surface area (Å²) < 4.78 is 27.9. The van der Waals surface area contributed by atoms with E-state index >= 15 is 0 Å². The van der Waals surface area contributed by atoms with E-state index in [1.165, 1.54) is 11.3 Å². The van der Waals surface area contributed by atoms with Gasteiger partial charge in [-0.2, -0.15) is 0 Å². The van der Waals surface area contributed by atoms with Crippen molar-refractivity contribution in [2.75, 3.05) is 30.9 Å². The number of amides is 2. The topological polar surface area (TPSA) is 86.8 Å². The Hall–Kier alpha value is -3.17. The van der Waals surface area contributed by atoms with Crippen LogP contribution in [0.3, 0.4) is 0 Å². The number of carbonyl (C=O) groups is 2. The molecule has 0 saturated carbocycles. The zero-order valence-electron chi connectivity index (χ0n) is 18.4. The van der Waals surface area contributed by atoms with Crippen molar-refractivity contribution < 1.29 is 18.0 Å². The second-order valence-electron chi connectivity index (χ2n) is 7.99. The summed E-state index contributed by atoms with van der Waals surface area (Å²) in [6.45, 7) is 5.67. The highest BCUT2D eigenvalue weighted by molar-refractivity contribution is 7.92. The van der Waals surface area contributed by atoms with Gasteiger partial charge in [0.2, 0.25) is 0 Å². The number of aryl methyl sites for hydroxylation is 2. The lowest BCUT2D eigenvalue weighted by Gasteiger charge is -2.34. The number of piperazine rings is 1. The molecule has 9 heteroatoms. The number of rotatable bonds is 5. The van der Waals surface area contributed by atoms with Gasteiger partial charge in [-0.15, -0.1) is 11.3 Å². The van der Waals surface area contributed by atoms with Crippen molar-refractivity contribution in [3.63, 3.8) is 0 Å². The highest BCUT2D eigenvalue weighted by Gasteiger charge is 2.26. The number of hydrogen-bond donors (Lipinski definition) is 1. The van der Waals surface area contributed by atoms with Gasteiger partial charge in [0, 0.05) is 37.4 Å². The van der Waals surface area contributed by atoms with Crippen LogP contribution in [0.2, 0.25) is 0 Å². The van der Waals surface area contributed by atoms with Crippen LogP contribution in [0, 0.1) is 13.8 Å². The molecule has 2 amide bonds. The maximum absolute atomic E-state index is 12.9. The molecule has 0 radical (unpaired) electrons. The summed E-state index contributed by atoms with van der Waals surface area (Å²) in [6, 6.07) is 15.0. The van der Waals surface area contributed by atoms with Crippen molar-refractivity contribution in [1.82, 2.24) is 9.80 Å². The molecule has 0 bridgehead atoms. The minimum atomic E-state index is -3.72. The van der Waals surface area contributed by atoms with Crippen LogP contribution >= 0.6 is 11.3 Å². The molecule has 1 aromatic heterocycles. The van der Waals surface area contributed by atoms with Gasteiger partial charge >= 0.3 is 0 Å². The summed E-state index contributed by atoms with van der Waals surface area (Å²) >= 11 is 1.41. The fourth-order valence-corrected chi connectivity index (χ4v) is 5.46. The largest absolute Gasteiger partial charge is 0.335 e. The standard InChI is InChI=1S/C24H25N3O4S2/c1-17-5-10-21(16-18(17)2)33(30,31)25-20-8-6-19(7-9-20)23(28)26-11-13-27(14-12-26)24(29)22-4-3-15-32-22/h3-10,15-16,25H,11-14H2,1-2H3. The van der Waals surface area contributed by atoms with Crippen molar-refractivity contribution in [1.29, 1.82) is 0 Å². The first-order valence-corrected chi connectivity index (χ1v) is 12.9. The molecular formula is C24H25N3O4S2. The Morgan fingerprint density at radius 3 is 2.06 bits per heavy atom. The summed E-state index contributed by atoms with van der Waals surface area (Å²) in [5, 5.41) is 1.87. The third-order valence-electron chi connectivity index (χ3n) is 5.76. The van der Waals surface area contributed by atoms with Crippen LogP contribution in [0.4, 0.5) is 5.69 Å². The quantitative estimate of drug-likeness (QED) is 0.599. The molecule has 0 spiro atoms. The van der Waals surface area contributed by atoms with Gasteiger partial charge in [-0.3, -0.25) is 14.3 Å². The van der Waals surface area contributed by atoms with Gasteiger partial charge < -0.3 is 9.80 Å². The number of nitrogens with zero attached hydrogens (tertiary/aromatic N) is 2. The first-order chi connectivity index (χ1) is 15.7. The van der Waals surface area contributed by atoms with Crippen molar-refractivity contribution in [3.05, 3.63) is 81.5 Å². The molecule has 1 fully saturated rings. The molecule has 33 heavy (non-hydrogen) atoms. The van der Waals surface area contributed by atoms with E-state index in [1.807, 2.05) is 25.3 Å². The van der Waals surface area contributed by atoms with Crippen molar-refractivity contribution in [2.45, 2.75) is 18.7 Å². The van der Waals surface area contributed by atoms with Crippen LogP contribution in [0.15, 0.2) is 64.9 Å². The Bertz CT molecular complexity index is 1260. The second kappa shape index (κ2) is 9.36. The maximum Gasteiger partial charge on any atom is 0.264 e. The number of thiophene rings is 1. The Kier molecular flexibility index (Phi) is 6.53. The molecule has 2 aromatic carbocycles. The third kappa shape index (κ3) is 5.09. The minimum Gasteiger partial charge on any atom is -0.335 e. The first kappa shape index (κ1) is 23.0. The monoisotopic (exact) mass is 483 g/mol. The molecule has 4 rings (SSSR count). The smallest absolute Gasteiger partial charge is 0.264 e. The Morgan fingerprint density at radius 1 is 0.848 bits per heavy atom. The van der Waals surface area contributed by atoms with Crippen molar-refractivity contribution in [2.24, 2.45) is 0 Å². The fourth-order valence-electron chi connectivity index (χ4n) is 3.63. The van der Waals surface area contributed by atoms with E-state index in [0.717, 1.165) is 11.1 Å². The molecule has 7 nitrogen and oxygen atoms in total.